The predicted molar refractivity (Wildman–Crippen MR) is 127 cm³/mol. The topological polar surface area (TPSA) is 95.6 Å². The summed E-state index contributed by atoms with van der Waals surface area (Å²) in [4.78, 5) is 12.3. The normalized spacial score (nSPS) is 19.7. The fraction of sp³-hybridized carbons (Fsp3) is 0.333. The Morgan fingerprint density at radius 3 is 2.71 bits per heavy atom. The molecule has 1 aromatic heterocycles. The van der Waals surface area contributed by atoms with Crippen molar-refractivity contribution in [3.8, 4) is 0 Å². The van der Waals surface area contributed by atoms with Crippen LogP contribution in [0.1, 0.15) is 54.6 Å². The van der Waals surface area contributed by atoms with Crippen molar-refractivity contribution >= 4 is 35.8 Å². The minimum absolute atomic E-state index is 0.166. The van der Waals surface area contributed by atoms with E-state index in [0.29, 0.717) is 27.5 Å². The Morgan fingerprint density at radius 1 is 1.32 bits per heavy atom. The molecule has 1 saturated carbocycles. The van der Waals surface area contributed by atoms with E-state index in [2.05, 4.69) is 34.5 Å². The Morgan fingerprint density at radius 2 is 2.09 bits per heavy atom. The number of carbonyl (C=O) groups excluding carboxylic acids is 1. The minimum Gasteiger partial charge on any atom is -0.387 e. The molecule has 1 amide bonds. The van der Waals surface area contributed by atoms with Gasteiger partial charge in [-0.2, -0.15) is 0 Å². The number of unbranched alkanes of at least 4 members (excludes halogenated alkanes) is 1. The van der Waals surface area contributed by atoms with Crippen LogP contribution in [0.3, 0.4) is 0 Å². The number of thiol groups is 1. The SMILES string of the molecule is CCCCC1CC1(O)C(O)c1cnoc1.O=C(Nc1ccc(F)c(F)c1)c1ccc(Cl)c(S)c1. The second kappa shape index (κ2) is 11.3. The van der Waals surface area contributed by atoms with E-state index >= 15 is 0 Å². The van der Waals surface area contributed by atoms with Gasteiger partial charge in [0.1, 0.15) is 12.4 Å². The van der Waals surface area contributed by atoms with Crippen molar-refractivity contribution in [1.29, 1.82) is 0 Å². The molecular weight excluding hydrogens is 486 g/mol. The minimum atomic E-state index is -1.02. The van der Waals surface area contributed by atoms with E-state index in [-0.39, 0.29) is 11.6 Å². The molecule has 0 bridgehead atoms. The molecule has 0 saturated heterocycles. The molecule has 1 heterocycles. The van der Waals surface area contributed by atoms with Gasteiger partial charge in [0.15, 0.2) is 11.6 Å². The van der Waals surface area contributed by atoms with E-state index < -0.39 is 29.2 Å². The lowest BCUT2D eigenvalue weighted by molar-refractivity contribution is -0.0147. The number of carbonyl (C=O) groups is 1. The van der Waals surface area contributed by atoms with Crippen LogP contribution in [0.15, 0.2) is 58.3 Å². The number of rotatable bonds is 7. The maximum atomic E-state index is 13.0. The molecule has 6 nitrogen and oxygen atoms in total. The predicted octanol–water partition coefficient (Wildman–Crippen LogP) is 5.81. The van der Waals surface area contributed by atoms with Gasteiger partial charge in [-0.25, -0.2) is 8.78 Å². The summed E-state index contributed by atoms with van der Waals surface area (Å²) in [6.45, 7) is 2.12. The van der Waals surface area contributed by atoms with E-state index in [1.165, 1.54) is 36.7 Å². The summed E-state index contributed by atoms with van der Waals surface area (Å²) < 4.78 is 30.4. The molecular formula is C24H25ClF2N2O4S. The van der Waals surface area contributed by atoms with Crippen molar-refractivity contribution in [2.24, 2.45) is 5.92 Å². The molecule has 182 valence electrons. The maximum Gasteiger partial charge on any atom is 0.255 e. The van der Waals surface area contributed by atoms with Crippen LogP contribution in [-0.4, -0.2) is 26.9 Å². The van der Waals surface area contributed by atoms with Gasteiger partial charge in [0.2, 0.25) is 0 Å². The molecule has 0 aliphatic heterocycles. The fourth-order valence-electron chi connectivity index (χ4n) is 3.54. The lowest BCUT2D eigenvalue weighted by Gasteiger charge is -2.16. The molecule has 0 spiro atoms. The molecule has 3 N–H and O–H groups in total. The van der Waals surface area contributed by atoms with Crippen molar-refractivity contribution in [3.05, 3.63) is 76.6 Å². The van der Waals surface area contributed by atoms with Crippen LogP contribution < -0.4 is 5.32 Å². The molecule has 1 aliphatic carbocycles. The summed E-state index contributed by atoms with van der Waals surface area (Å²) in [5.41, 5.74) is 0.107. The summed E-state index contributed by atoms with van der Waals surface area (Å²) in [6, 6.07) is 7.65. The second-order valence-electron chi connectivity index (χ2n) is 8.14. The van der Waals surface area contributed by atoms with Crippen LogP contribution in [0.2, 0.25) is 5.02 Å². The zero-order chi connectivity index (χ0) is 24.9. The van der Waals surface area contributed by atoms with Gasteiger partial charge >= 0.3 is 0 Å². The first kappa shape index (κ1) is 26.2. The van der Waals surface area contributed by atoms with Gasteiger partial charge in [-0.15, -0.1) is 12.6 Å². The Labute approximate surface area is 206 Å². The molecule has 4 rings (SSSR count). The van der Waals surface area contributed by atoms with Crippen LogP contribution in [0.4, 0.5) is 14.5 Å². The number of hydrogen-bond donors (Lipinski definition) is 4. The molecule has 1 fully saturated rings. The van der Waals surface area contributed by atoms with Crippen LogP contribution in [0.25, 0.3) is 0 Å². The van der Waals surface area contributed by atoms with E-state index in [4.69, 9.17) is 11.6 Å². The molecule has 2 aromatic carbocycles. The van der Waals surface area contributed by atoms with E-state index in [0.717, 1.165) is 31.4 Å². The lowest BCUT2D eigenvalue weighted by Crippen LogP contribution is -2.22. The second-order valence-corrected chi connectivity index (χ2v) is 9.03. The van der Waals surface area contributed by atoms with Crippen molar-refractivity contribution in [3.63, 3.8) is 0 Å². The fourth-order valence-corrected chi connectivity index (χ4v) is 3.87. The van der Waals surface area contributed by atoms with Gasteiger partial charge in [-0.1, -0.05) is 36.5 Å². The smallest absolute Gasteiger partial charge is 0.255 e. The molecule has 0 radical (unpaired) electrons. The number of aliphatic hydroxyl groups excluding tert-OH is 1. The molecule has 10 heteroatoms. The number of aromatic nitrogens is 1. The third kappa shape index (κ3) is 6.35. The standard InChI is InChI=1S/C13H8ClF2NOS.C11H17NO3/c14-9-3-1-7(5-12(9)19)13(18)17-8-2-4-10(15)11(16)6-8;1-2-3-4-9-5-11(9,14)10(13)8-6-12-15-7-8/h1-6,19H,(H,17,18);6-7,9-10,13-14H,2-5H2,1H3. The highest BCUT2D eigenvalue weighted by Gasteiger charge is 2.57. The average Bonchev–Trinajstić information content (AvgIpc) is 3.20. The van der Waals surface area contributed by atoms with E-state index in [9.17, 15) is 23.8 Å². The number of benzene rings is 2. The highest BCUT2D eigenvalue weighted by molar-refractivity contribution is 7.80. The number of halogens is 3. The van der Waals surface area contributed by atoms with Crippen LogP contribution in [0.5, 0.6) is 0 Å². The Kier molecular flexibility index (Phi) is 8.70. The third-order valence-corrected chi connectivity index (χ3v) is 6.48. The summed E-state index contributed by atoms with van der Waals surface area (Å²) >= 11 is 9.88. The first-order valence-electron chi connectivity index (χ1n) is 10.7. The maximum absolute atomic E-state index is 13.0. The number of amides is 1. The van der Waals surface area contributed by atoms with Crippen LogP contribution in [-0.2, 0) is 0 Å². The van der Waals surface area contributed by atoms with Crippen LogP contribution >= 0.6 is 24.2 Å². The molecule has 3 unspecified atom stereocenters. The van der Waals surface area contributed by atoms with Gasteiger partial charge in [-0.05, 0) is 49.1 Å². The number of nitrogens with zero attached hydrogens (tertiary/aromatic N) is 1. The Hall–Kier alpha value is -2.46. The Bertz CT molecular complexity index is 1130. The van der Waals surface area contributed by atoms with Crippen molar-refractivity contribution in [1.82, 2.24) is 5.16 Å². The number of aliphatic hydroxyl groups is 2. The highest BCUT2D eigenvalue weighted by atomic mass is 35.5. The van der Waals surface area contributed by atoms with Crippen molar-refractivity contribution in [2.75, 3.05) is 5.32 Å². The van der Waals surface area contributed by atoms with Crippen molar-refractivity contribution < 1.29 is 28.3 Å². The van der Waals surface area contributed by atoms with E-state index in [1.54, 1.807) is 0 Å². The summed E-state index contributed by atoms with van der Waals surface area (Å²) in [7, 11) is 0. The largest absolute Gasteiger partial charge is 0.387 e. The molecule has 34 heavy (non-hydrogen) atoms. The number of hydrogen-bond acceptors (Lipinski definition) is 6. The highest BCUT2D eigenvalue weighted by Crippen LogP contribution is 2.54. The quantitative estimate of drug-likeness (QED) is 0.301. The third-order valence-electron chi connectivity index (χ3n) is 5.65. The average molecular weight is 511 g/mol. The monoisotopic (exact) mass is 510 g/mol. The lowest BCUT2D eigenvalue weighted by atomic mass is 10.0. The zero-order valence-corrected chi connectivity index (χ0v) is 20.0. The number of anilines is 1. The number of nitrogens with one attached hydrogen (secondary N) is 1. The summed E-state index contributed by atoms with van der Waals surface area (Å²) in [5.74, 6) is -2.23. The Balaban J connectivity index is 0.000000196. The van der Waals surface area contributed by atoms with Gasteiger partial charge in [-0.3, -0.25) is 4.79 Å². The summed E-state index contributed by atoms with van der Waals surface area (Å²) in [6.07, 6.45) is 5.87. The van der Waals surface area contributed by atoms with E-state index in [1.807, 2.05) is 0 Å². The summed E-state index contributed by atoms with van der Waals surface area (Å²) in [5, 5.41) is 26.5. The zero-order valence-electron chi connectivity index (χ0n) is 18.3. The van der Waals surface area contributed by atoms with Gasteiger partial charge < -0.3 is 20.1 Å². The molecule has 3 aromatic rings. The molecule has 3 atom stereocenters. The van der Waals surface area contributed by atoms with Crippen LogP contribution in [0, 0.1) is 17.6 Å². The van der Waals surface area contributed by atoms with Gasteiger partial charge in [0, 0.05) is 27.8 Å². The van der Waals surface area contributed by atoms with Crippen molar-refractivity contribution in [2.45, 2.75) is 49.2 Å². The molecule has 1 aliphatic rings. The first-order valence-corrected chi connectivity index (χ1v) is 11.5. The first-order chi connectivity index (χ1) is 16.2. The van der Waals surface area contributed by atoms with Gasteiger partial charge in [0.05, 0.1) is 16.8 Å². The van der Waals surface area contributed by atoms with Gasteiger partial charge in [0.25, 0.3) is 5.91 Å².